The van der Waals surface area contributed by atoms with Gasteiger partial charge >= 0.3 is 0 Å². The molecule has 0 aliphatic heterocycles. The first kappa shape index (κ1) is 14.9. The van der Waals surface area contributed by atoms with Crippen molar-refractivity contribution in [2.45, 2.75) is 25.3 Å². The standard InChI is InChI=1S/C13H16BrN3O3/c14-11-5-4-9(17(19)20)6-10(11)13(18)16-12-3-1-2-8(12)7-15/h4-6,8,12H,1-3,7,15H2,(H,16,18). The first-order valence-electron chi connectivity index (χ1n) is 6.47. The number of halogens is 1. The van der Waals surface area contributed by atoms with Crippen molar-refractivity contribution in [3.63, 3.8) is 0 Å². The number of carbonyl (C=O) groups excluding carboxylic acids is 1. The molecule has 1 fully saturated rings. The highest BCUT2D eigenvalue weighted by Crippen LogP contribution is 2.27. The van der Waals surface area contributed by atoms with E-state index < -0.39 is 4.92 Å². The highest BCUT2D eigenvalue weighted by atomic mass is 79.9. The van der Waals surface area contributed by atoms with Crippen LogP contribution in [0.25, 0.3) is 0 Å². The molecular weight excluding hydrogens is 326 g/mol. The second-order valence-corrected chi connectivity index (χ2v) is 5.78. The number of nitrogens with two attached hydrogens (primary N) is 1. The number of nitro groups is 1. The van der Waals surface area contributed by atoms with E-state index in [0.29, 0.717) is 11.0 Å². The highest BCUT2D eigenvalue weighted by Gasteiger charge is 2.28. The number of carbonyl (C=O) groups is 1. The molecule has 0 spiro atoms. The Labute approximate surface area is 125 Å². The number of rotatable bonds is 4. The Morgan fingerprint density at radius 2 is 2.25 bits per heavy atom. The molecule has 2 unspecified atom stereocenters. The molecule has 2 rings (SSSR count). The number of amides is 1. The Morgan fingerprint density at radius 1 is 1.50 bits per heavy atom. The molecule has 1 aromatic carbocycles. The van der Waals surface area contributed by atoms with Crippen molar-refractivity contribution in [3.05, 3.63) is 38.3 Å². The molecule has 6 nitrogen and oxygen atoms in total. The van der Waals surface area contributed by atoms with Gasteiger partial charge in [0.25, 0.3) is 11.6 Å². The lowest BCUT2D eigenvalue weighted by atomic mass is 10.0. The molecule has 0 saturated heterocycles. The summed E-state index contributed by atoms with van der Waals surface area (Å²) in [6, 6.07) is 4.21. The summed E-state index contributed by atoms with van der Waals surface area (Å²) in [5.41, 5.74) is 5.86. The van der Waals surface area contributed by atoms with Gasteiger partial charge in [-0.25, -0.2) is 0 Å². The molecule has 3 N–H and O–H groups in total. The van der Waals surface area contributed by atoms with Crippen molar-refractivity contribution in [1.82, 2.24) is 5.32 Å². The van der Waals surface area contributed by atoms with Gasteiger partial charge in [0.05, 0.1) is 10.5 Å². The fraction of sp³-hybridized carbons (Fsp3) is 0.462. The van der Waals surface area contributed by atoms with Gasteiger partial charge in [0, 0.05) is 22.6 Å². The van der Waals surface area contributed by atoms with Gasteiger partial charge in [0.1, 0.15) is 0 Å². The zero-order chi connectivity index (χ0) is 14.7. The molecule has 2 atom stereocenters. The van der Waals surface area contributed by atoms with Crippen LogP contribution < -0.4 is 11.1 Å². The molecule has 7 heteroatoms. The predicted molar refractivity (Wildman–Crippen MR) is 78.4 cm³/mol. The number of nitrogens with zero attached hydrogens (tertiary/aromatic N) is 1. The summed E-state index contributed by atoms with van der Waals surface area (Å²) in [6.45, 7) is 0.543. The molecule has 1 amide bonds. The van der Waals surface area contributed by atoms with Gasteiger partial charge in [-0.3, -0.25) is 14.9 Å². The van der Waals surface area contributed by atoms with Crippen molar-refractivity contribution in [3.8, 4) is 0 Å². The molecule has 108 valence electrons. The topological polar surface area (TPSA) is 98.3 Å². The van der Waals surface area contributed by atoms with Crippen molar-refractivity contribution in [1.29, 1.82) is 0 Å². The molecule has 0 bridgehead atoms. The Balaban J connectivity index is 2.16. The minimum atomic E-state index is -0.512. The minimum Gasteiger partial charge on any atom is -0.349 e. The van der Waals surface area contributed by atoms with Crippen LogP contribution in [-0.2, 0) is 0 Å². The van der Waals surface area contributed by atoms with E-state index in [4.69, 9.17) is 5.73 Å². The normalized spacial score (nSPS) is 21.7. The van der Waals surface area contributed by atoms with Gasteiger partial charge in [-0.1, -0.05) is 6.42 Å². The van der Waals surface area contributed by atoms with Crippen LogP contribution in [0.1, 0.15) is 29.6 Å². The average molecular weight is 342 g/mol. The van der Waals surface area contributed by atoms with E-state index in [9.17, 15) is 14.9 Å². The SMILES string of the molecule is NCC1CCCC1NC(=O)c1cc([N+](=O)[O-])ccc1Br. The highest BCUT2D eigenvalue weighted by molar-refractivity contribution is 9.10. The van der Waals surface area contributed by atoms with E-state index in [1.165, 1.54) is 18.2 Å². The largest absolute Gasteiger partial charge is 0.349 e. The maximum absolute atomic E-state index is 12.3. The van der Waals surface area contributed by atoms with E-state index in [1.54, 1.807) is 0 Å². The van der Waals surface area contributed by atoms with Gasteiger partial charge in [0.15, 0.2) is 0 Å². The zero-order valence-corrected chi connectivity index (χ0v) is 12.4. The van der Waals surface area contributed by atoms with Crippen LogP contribution in [0.5, 0.6) is 0 Å². The summed E-state index contributed by atoms with van der Waals surface area (Å²) in [5, 5.41) is 13.7. The lowest BCUT2D eigenvalue weighted by Gasteiger charge is -2.19. The lowest BCUT2D eigenvalue weighted by molar-refractivity contribution is -0.384. The summed E-state index contributed by atoms with van der Waals surface area (Å²) >= 11 is 3.25. The number of hydrogen-bond donors (Lipinski definition) is 2. The second-order valence-electron chi connectivity index (χ2n) is 4.93. The number of nitrogens with one attached hydrogen (secondary N) is 1. The Hall–Kier alpha value is -1.47. The van der Waals surface area contributed by atoms with E-state index in [1.807, 2.05) is 0 Å². The Morgan fingerprint density at radius 3 is 2.90 bits per heavy atom. The molecule has 1 aliphatic rings. The van der Waals surface area contributed by atoms with Gasteiger partial charge in [0.2, 0.25) is 0 Å². The van der Waals surface area contributed by atoms with Crippen molar-refractivity contribution in [2.75, 3.05) is 6.54 Å². The average Bonchev–Trinajstić information content (AvgIpc) is 2.86. The van der Waals surface area contributed by atoms with E-state index in [0.717, 1.165) is 19.3 Å². The van der Waals surface area contributed by atoms with Crippen molar-refractivity contribution in [2.24, 2.45) is 11.7 Å². The van der Waals surface area contributed by atoms with Gasteiger partial charge < -0.3 is 11.1 Å². The summed E-state index contributed by atoms with van der Waals surface area (Å²) in [7, 11) is 0. The van der Waals surface area contributed by atoms with Crippen LogP contribution in [0.3, 0.4) is 0 Å². The Kier molecular flexibility index (Phi) is 4.72. The summed E-state index contributed by atoms with van der Waals surface area (Å²) in [4.78, 5) is 22.5. The minimum absolute atomic E-state index is 0.0543. The van der Waals surface area contributed by atoms with Crippen LogP contribution in [0.4, 0.5) is 5.69 Å². The van der Waals surface area contributed by atoms with Gasteiger partial charge in [-0.05, 0) is 47.3 Å². The van der Waals surface area contributed by atoms with Crippen LogP contribution in [0, 0.1) is 16.0 Å². The van der Waals surface area contributed by atoms with Crippen LogP contribution >= 0.6 is 15.9 Å². The molecule has 0 radical (unpaired) electrons. The van der Waals surface area contributed by atoms with Crippen LogP contribution in [0.2, 0.25) is 0 Å². The third kappa shape index (κ3) is 3.16. The summed E-state index contributed by atoms with van der Waals surface area (Å²) in [6.07, 6.45) is 2.96. The number of benzene rings is 1. The van der Waals surface area contributed by atoms with Gasteiger partial charge in [-0.2, -0.15) is 0 Å². The molecule has 1 aromatic rings. The van der Waals surface area contributed by atoms with E-state index in [2.05, 4.69) is 21.2 Å². The quantitative estimate of drug-likeness (QED) is 0.647. The number of nitro benzene ring substituents is 1. The molecule has 20 heavy (non-hydrogen) atoms. The zero-order valence-electron chi connectivity index (χ0n) is 10.8. The molecule has 0 heterocycles. The predicted octanol–water partition coefficient (Wildman–Crippen LogP) is 2.21. The molecule has 0 aromatic heterocycles. The Bertz CT molecular complexity index is 536. The smallest absolute Gasteiger partial charge is 0.270 e. The first-order valence-corrected chi connectivity index (χ1v) is 7.27. The number of non-ortho nitro benzene ring substituents is 1. The van der Waals surface area contributed by atoms with E-state index >= 15 is 0 Å². The van der Waals surface area contributed by atoms with Crippen molar-refractivity contribution < 1.29 is 9.72 Å². The number of hydrogen-bond acceptors (Lipinski definition) is 4. The van der Waals surface area contributed by atoms with Crippen LogP contribution in [0.15, 0.2) is 22.7 Å². The third-order valence-electron chi connectivity index (χ3n) is 3.68. The lowest BCUT2D eigenvalue weighted by Crippen LogP contribution is -2.40. The second kappa shape index (κ2) is 6.32. The molecular formula is C13H16BrN3O3. The van der Waals surface area contributed by atoms with Gasteiger partial charge in [-0.15, -0.1) is 0 Å². The first-order chi connectivity index (χ1) is 9.52. The third-order valence-corrected chi connectivity index (χ3v) is 4.38. The van der Waals surface area contributed by atoms with E-state index in [-0.39, 0.29) is 29.1 Å². The fourth-order valence-corrected chi connectivity index (χ4v) is 2.98. The fourth-order valence-electron chi connectivity index (χ4n) is 2.56. The summed E-state index contributed by atoms with van der Waals surface area (Å²) < 4.78 is 0.544. The maximum Gasteiger partial charge on any atom is 0.270 e. The molecule has 1 aliphatic carbocycles. The van der Waals surface area contributed by atoms with Crippen LogP contribution in [-0.4, -0.2) is 23.4 Å². The monoisotopic (exact) mass is 341 g/mol. The summed E-state index contributed by atoms with van der Waals surface area (Å²) in [5.74, 6) is -0.0117. The maximum atomic E-state index is 12.3. The van der Waals surface area contributed by atoms with Crippen molar-refractivity contribution >= 4 is 27.5 Å². The molecule has 1 saturated carbocycles.